The van der Waals surface area contributed by atoms with Crippen molar-refractivity contribution in [3.8, 4) is 0 Å². The predicted octanol–water partition coefficient (Wildman–Crippen LogP) is 2.51. The summed E-state index contributed by atoms with van der Waals surface area (Å²) in [5.41, 5.74) is 0.366. The van der Waals surface area contributed by atoms with Crippen LogP contribution in [0.5, 0.6) is 0 Å². The summed E-state index contributed by atoms with van der Waals surface area (Å²) in [5.74, 6) is 1.77. The molecule has 0 aromatic carbocycles. The van der Waals surface area contributed by atoms with Crippen molar-refractivity contribution >= 4 is 11.6 Å². The summed E-state index contributed by atoms with van der Waals surface area (Å²) in [6, 6.07) is 2.47. The van der Waals surface area contributed by atoms with Crippen LogP contribution < -0.4 is 10.6 Å². The molecule has 1 atom stereocenters. The quantitative estimate of drug-likeness (QED) is 0.821. The number of anilines is 2. The molecule has 0 amide bonds. The predicted molar refractivity (Wildman–Crippen MR) is 66.6 cm³/mol. The van der Waals surface area contributed by atoms with Crippen molar-refractivity contribution in [2.24, 2.45) is 5.41 Å². The second-order valence-electron chi connectivity index (χ2n) is 5.12. The Bertz CT molecular complexity index is 362. The summed E-state index contributed by atoms with van der Waals surface area (Å²) in [7, 11) is 1.87. The second kappa shape index (κ2) is 4.28. The van der Waals surface area contributed by atoms with E-state index in [2.05, 4.69) is 34.4 Å². The highest BCUT2D eigenvalue weighted by molar-refractivity contribution is 5.46. The smallest absolute Gasteiger partial charge is 0.131 e. The van der Waals surface area contributed by atoms with E-state index >= 15 is 0 Å². The van der Waals surface area contributed by atoms with Crippen LogP contribution >= 0.6 is 0 Å². The molecule has 1 unspecified atom stereocenters. The largest absolute Gasteiger partial charge is 0.373 e. The van der Waals surface area contributed by atoms with Crippen LogP contribution in [0, 0.1) is 5.41 Å². The molecule has 0 bridgehead atoms. The molecule has 2 rings (SSSR count). The van der Waals surface area contributed by atoms with Gasteiger partial charge in [-0.3, -0.25) is 0 Å². The van der Waals surface area contributed by atoms with E-state index in [1.54, 1.807) is 6.33 Å². The summed E-state index contributed by atoms with van der Waals surface area (Å²) in [4.78, 5) is 8.36. The molecule has 1 saturated carbocycles. The van der Waals surface area contributed by atoms with Crippen LogP contribution in [0.25, 0.3) is 0 Å². The van der Waals surface area contributed by atoms with Crippen molar-refractivity contribution < 1.29 is 0 Å². The minimum Gasteiger partial charge on any atom is -0.373 e. The van der Waals surface area contributed by atoms with Gasteiger partial charge in [0.15, 0.2) is 0 Å². The molecular formula is C12H20N4. The normalized spacial score (nSPS) is 23.1. The van der Waals surface area contributed by atoms with Crippen LogP contribution in [-0.4, -0.2) is 23.1 Å². The second-order valence-corrected chi connectivity index (χ2v) is 5.12. The van der Waals surface area contributed by atoms with Gasteiger partial charge >= 0.3 is 0 Å². The third kappa shape index (κ3) is 2.26. The lowest BCUT2D eigenvalue weighted by molar-refractivity contribution is 0.349. The SMILES string of the molecule is CNc1cc(NC2CCCC2(C)C)ncn1. The molecule has 1 aromatic rings. The zero-order valence-corrected chi connectivity index (χ0v) is 10.2. The van der Waals surface area contributed by atoms with E-state index in [1.165, 1.54) is 19.3 Å². The zero-order chi connectivity index (χ0) is 11.6. The Kier molecular flexibility index (Phi) is 2.99. The molecule has 1 aliphatic carbocycles. The number of aromatic nitrogens is 2. The van der Waals surface area contributed by atoms with Crippen LogP contribution in [0.2, 0.25) is 0 Å². The summed E-state index contributed by atoms with van der Waals surface area (Å²) in [6.07, 6.45) is 5.41. The van der Waals surface area contributed by atoms with Gasteiger partial charge in [0.1, 0.15) is 18.0 Å². The first-order chi connectivity index (χ1) is 7.62. The third-order valence-corrected chi connectivity index (χ3v) is 3.50. The van der Waals surface area contributed by atoms with Gasteiger partial charge in [-0.05, 0) is 18.3 Å². The average molecular weight is 220 g/mol. The lowest BCUT2D eigenvalue weighted by Crippen LogP contribution is -2.31. The summed E-state index contributed by atoms with van der Waals surface area (Å²) >= 11 is 0. The van der Waals surface area contributed by atoms with E-state index in [0.717, 1.165) is 11.6 Å². The molecule has 2 N–H and O–H groups in total. The maximum atomic E-state index is 4.25. The number of rotatable bonds is 3. The number of hydrogen-bond donors (Lipinski definition) is 2. The number of nitrogens with one attached hydrogen (secondary N) is 2. The summed E-state index contributed by atoms with van der Waals surface area (Å²) in [5, 5.41) is 6.54. The monoisotopic (exact) mass is 220 g/mol. The van der Waals surface area contributed by atoms with Crippen molar-refractivity contribution in [1.29, 1.82) is 0 Å². The molecule has 1 aromatic heterocycles. The first-order valence-corrected chi connectivity index (χ1v) is 5.88. The summed E-state index contributed by atoms with van der Waals surface area (Å²) in [6.45, 7) is 4.63. The third-order valence-electron chi connectivity index (χ3n) is 3.50. The van der Waals surface area contributed by atoms with Gasteiger partial charge in [-0.25, -0.2) is 9.97 Å². The van der Waals surface area contributed by atoms with Gasteiger partial charge in [0.2, 0.25) is 0 Å². The highest BCUT2D eigenvalue weighted by Crippen LogP contribution is 2.38. The molecule has 16 heavy (non-hydrogen) atoms. The van der Waals surface area contributed by atoms with Gasteiger partial charge in [0.25, 0.3) is 0 Å². The van der Waals surface area contributed by atoms with Crippen molar-refractivity contribution in [2.45, 2.75) is 39.2 Å². The minimum atomic E-state index is 0.366. The number of hydrogen-bond acceptors (Lipinski definition) is 4. The van der Waals surface area contributed by atoms with Gasteiger partial charge in [0.05, 0.1) is 0 Å². The molecule has 88 valence electrons. The average Bonchev–Trinajstić information content (AvgIpc) is 2.59. The molecule has 0 radical (unpaired) electrons. The van der Waals surface area contributed by atoms with Crippen molar-refractivity contribution in [3.05, 3.63) is 12.4 Å². The molecule has 0 saturated heterocycles. The van der Waals surface area contributed by atoms with Gasteiger partial charge < -0.3 is 10.6 Å². The Hall–Kier alpha value is -1.32. The van der Waals surface area contributed by atoms with Crippen LogP contribution in [-0.2, 0) is 0 Å². The van der Waals surface area contributed by atoms with Gasteiger partial charge in [-0.15, -0.1) is 0 Å². The summed E-state index contributed by atoms with van der Waals surface area (Å²) < 4.78 is 0. The highest BCUT2D eigenvalue weighted by Gasteiger charge is 2.34. The van der Waals surface area contributed by atoms with Crippen molar-refractivity contribution in [3.63, 3.8) is 0 Å². The van der Waals surface area contributed by atoms with Crippen LogP contribution in [0.4, 0.5) is 11.6 Å². The minimum absolute atomic E-state index is 0.366. The Labute approximate surface area is 96.9 Å². The standard InChI is InChI=1S/C12H20N4/c1-12(2)6-4-5-9(12)16-11-7-10(13-3)14-8-15-11/h7-9H,4-6H2,1-3H3,(H2,13,14,15,16). The fourth-order valence-corrected chi connectivity index (χ4v) is 2.35. The molecule has 0 spiro atoms. The van der Waals surface area contributed by atoms with Crippen LogP contribution in [0.15, 0.2) is 12.4 Å². The molecule has 1 fully saturated rings. The fourth-order valence-electron chi connectivity index (χ4n) is 2.35. The van der Waals surface area contributed by atoms with Crippen LogP contribution in [0.1, 0.15) is 33.1 Å². The van der Waals surface area contributed by atoms with E-state index in [0.29, 0.717) is 11.5 Å². The zero-order valence-electron chi connectivity index (χ0n) is 10.2. The first kappa shape index (κ1) is 11.2. The van der Waals surface area contributed by atoms with E-state index in [-0.39, 0.29) is 0 Å². The van der Waals surface area contributed by atoms with E-state index in [1.807, 2.05) is 13.1 Å². The van der Waals surface area contributed by atoms with E-state index < -0.39 is 0 Å². The lowest BCUT2D eigenvalue weighted by atomic mass is 9.87. The molecule has 1 aliphatic rings. The van der Waals surface area contributed by atoms with Crippen molar-refractivity contribution in [2.75, 3.05) is 17.7 Å². The van der Waals surface area contributed by atoms with Crippen molar-refractivity contribution in [1.82, 2.24) is 9.97 Å². The topological polar surface area (TPSA) is 49.8 Å². The van der Waals surface area contributed by atoms with Gasteiger partial charge in [-0.2, -0.15) is 0 Å². The Morgan fingerprint density at radius 2 is 2.06 bits per heavy atom. The van der Waals surface area contributed by atoms with E-state index in [4.69, 9.17) is 0 Å². The van der Waals surface area contributed by atoms with Gasteiger partial charge in [-0.1, -0.05) is 20.3 Å². The molecule has 4 nitrogen and oxygen atoms in total. The Morgan fingerprint density at radius 1 is 1.31 bits per heavy atom. The Balaban J connectivity index is 2.08. The maximum absolute atomic E-state index is 4.25. The Morgan fingerprint density at radius 3 is 2.69 bits per heavy atom. The highest BCUT2D eigenvalue weighted by atomic mass is 15.1. The van der Waals surface area contributed by atoms with Gasteiger partial charge in [0, 0.05) is 19.2 Å². The van der Waals surface area contributed by atoms with E-state index in [9.17, 15) is 0 Å². The first-order valence-electron chi connectivity index (χ1n) is 5.88. The molecule has 4 heteroatoms. The lowest BCUT2D eigenvalue weighted by Gasteiger charge is -2.28. The van der Waals surface area contributed by atoms with Crippen LogP contribution in [0.3, 0.4) is 0 Å². The molecular weight excluding hydrogens is 200 g/mol. The molecule has 0 aliphatic heterocycles. The maximum Gasteiger partial charge on any atom is 0.131 e. The fraction of sp³-hybridized carbons (Fsp3) is 0.667. The molecule has 1 heterocycles. The number of nitrogens with zero attached hydrogens (tertiary/aromatic N) is 2.